The second kappa shape index (κ2) is 7.74. The molecule has 120 valence electrons. The van der Waals surface area contributed by atoms with E-state index in [-0.39, 0.29) is 0 Å². The molecule has 0 bridgehead atoms. The zero-order valence-corrected chi connectivity index (χ0v) is 12.3. The third-order valence-corrected chi connectivity index (χ3v) is 3.05. The number of nitrogens with one attached hydrogen (secondary N) is 1. The Morgan fingerprint density at radius 1 is 1.19 bits per heavy atom. The van der Waals surface area contributed by atoms with E-state index in [1.807, 2.05) is 0 Å². The minimum Gasteiger partial charge on any atom is -0.351 e. The van der Waals surface area contributed by atoms with Crippen LogP contribution < -0.4 is 11.3 Å². The molecule has 0 radical (unpaired) electrons. The van der Waals surface area contributed by atoms with E-state index >= 15 is 0 Å². The molecule has 3 N–H and O–H groups in total. The van der Waals surface area contributed by atoms with E-state index in [1.165, 1.54) is 6.07 Å². The summed E-state index contributed by atoms with van der Waals surface area (Å²) in [5.74, 6) is 5.53. The van der Waals surface area contributed by atoms with Crippen molar-refractivity contribution in [2.24, 2.45) is 5.84 Å². The number of aryl methyl sites for hydroxylation is 1. The van der Waals surface area contributed by atoms with Gasteiger partial charge in [0.2, 0.25) is 0 Å². The number of hydrogen-bond donors (Lipinski definition) is 2. The van der Waals surface area contributed by atoms with Crippen molar-refractivity contribution in [2.45, 2.75) is 39.3 Å². The van der Waals surface area contributed by atoms with Gasteiger partial charge in [-0.15, -0.1) is 0 Å². The Kier molecular flexibility index (Phi) is 6.60. The molecule has 0 heterocycles. The molecular formula is C14H21F3N2O2. The van der Waals surface area contributed by atoms with Crippen LogP contribution in [0, 0.1) is 6.92 Å². The summed E-state index contributed by atoms with van der Waals surface area (Å²) in [5, 5.41) is 0. The fraction of sp³-hybridized carbons (Fsp3) is 0.571. The predicted molar refractivity (Wildman–Crippen MR) is 73.3 cm³/mol. The van der Waals surface area contributed by atoms with Crippen molar-refractivity contribution < 1.29 is 22.6 Å². The summed E-state index contributed by atoms with van der Waals surface area (Å²) in [7, 11) is 0. The van der Waals surface area contributed by atoms with Crippen LogP contribution in [-0.2, 0) is 15.7 Å². The van der Waals surface area contributed by atoms with Crippen LogP contribution in [-0.4, -0.2) is 19.5 Å². The van der Waals surface area contributed by atoms with Crippen LogP contribution in [0.2, 0.25) is 0 Å². The molecule has 0 saturated heterocycles. The van der Waals surface area contributed by atoms with Crippen molar-refractivity contribution in [1.82, 2.24) is 5.43 Å². The lowest BCUT2D eigenvalue weighted by Crippen LogP contribution is -2.40. The van der Waals surface area contributed by atoms with Gasteiger partial charge in [0.05, 0.1) is 11.6 Å². The van der Waals surface area contributed by atoms with Crippen molar-refractivity contribution >= 4 is 0 Å². The highest BCUT2D eigenvalue weighted by molar-refractivity contribution is 5.35. The van der Waals surface area contributed by atoms with Crippen molar-refractivity contribution in [3.05, 3.63) is 34.9 Å². The molecule has 0 aliphatic rings. The number of hydrogen-bond acceptors (Lipinski definition) is 4. The normalized spacial score (nSPS) is 13.7. The van der Waals surface area contributed by atoms with Gasteiger partial charge in [0, 0.05) is 13.2 Å². The van der Waals surface area contributed by atoms with Gasteiger partial charge in [0.15, 0.2) is 6.29 Å². The lowest BCUT2D eigenvalue weighted by molar-refractivity contribution is -0.155. The molecule has 0 aliphatic carbocycles. The number of nitrogens with two attached hydrogens (primary N) is 1. The zero-order chi connectivity index (χ0) is 16.0. The molecule has 1 aromatic carbocycles. The summed E-state index contributed by atoms with van der Waals surface area (Å²) in [4.78, 5) is 0. The Balaban J connectivity index is 3.10. The predicted octanol–water partition coefficient (Wildman–Crippen LogP) is 2.92. The Bertz CT molecular complexity index is 446. The Morgan fingerprint density at radius 3 is 2.14 bits per heavy atom. The van der Waals surface area contributed by atoms with Gasteiger partial charge in [0.25, 0.3) is 0 Å². The third kappa shape index (κ3) is 4.67. The van der Waals surface area contributed by atoms with Crippen LogP contribution in [0.5, 0.6) is 0 Å². The monoisotopic (exact) mass is 306 g/mol. The number of rotatable bonds is 7. The molecule has 0 fully saturated rings. The van der Waals surface area contributed by atoms with E-state index in [0.29, 0.717) is 24.3 Å². The molecular weight excluding hydrogens is 285 g/mol. The van der Waals surface area contributed by atoms with Gasteiger partial charge in [-0.1, -0.05) is 6.07 Å². The van der Waals surface area contributed by atoms with E-state index in [2.05, 4.69) is 5.43 Å². The molecule has 1 rings (SSSR count). The molecule has 7 heteroatoms. The largest absolute Gasteiger partial charge is 0.416 e. The summed E-state index contributed by atoms with van der Waals surface area (Å²) in [6, 6.07) is 2.97. The molecule has 4 nitrogen and oxygen atoms in total. The Labute approximate surface area is 122 Å². The minimum absolute atomic E-state index is 0.405. The highest BCUT2D eigenvalue weighted by Crippen LogP contribution is 2.32. The maximum absolute atomic E-state index is 12.7. The number of ether oxygens (including phenoxy) is 2. The summed E-state index contributed by atoms with van der Waals surface area (Å²) in [5.41, 5.74) is 2.94. The van der Waals surface area contributed by atoms with Crippen LogP contribution in [0.1, 0.15) is 36.6 Å². The van der Waals surface area contributed by atoms with Crippen molar-refractivity contribution in [2.75, 3.05) is 13.2 Å². The van der Waals surface area contributed by atoms with Crippen LogP contribution in [0.4, 0.5) is 13.2 Å². The first-order chi connectivity index (χ1) is 9.85. The third-order valence-electron chi connectivity index (χ3n) is 3.05. The Morgan fingerprint density at radius 2 is 1.76 bits per heavy atom. The molecule has 0 aliphatic heterocycles. The van der Waals surface area contributed by atoms with Gasteiger partial charge < -0.3 is 9.47 Å². The summed E-state index contributed by atoms with van der Waals surface area (Å²) in [6.45, 7) is 6.02. The van der Waals surface area contributed by atoms with Gasteiger partial charge in [-0.25, -0.2) is 5.43 Å². The number of halogens is 3. The van der Waals surface area contributed by atoms with Crippen LogP contribution >= 0.6 is 0 Å². The lowest BCUT2D eigenvalue weighted by atomic mass is 9.98. The van der Waals surface area contributed by atoms with E-state index in [9.17, 15) is 13.2 Å². The van der Waals surface area contributed by atoms with E-state index in [0.717, 1.165) is 12.1 Å². The topological polar surface area (TPSA) is 56.5 Å². The summed E-state index contributed by atoms with van der Waals surface area (Å²) in [6.07, 6.45) is -5.03. The van der Waals surface area contributed by atoms with Gasteiger partial charge in [-0.2, -0.15) is 13.2 Å². The van der Waals surface area contributed by atoms with E-state index < -0.39 is 24.1 Å². The fourth-order valence-corrected chi connectivity index (χ4v) is 2.09. The average Bonchev–Trinajstić information content (AvgIpc) is 2.40. The molecule has 0 aromatic heterocycles. The molecule has 0 saturated carbocycles. The molecule has 1 unspecified atom stereocenters. The first-order valence-electron chi connectivity index (χ1n) is 6.72. The molecule has 1 aromatic rings. The maximum Gasteiger partial charge on any atom is 0.416 e. The lowest BCUT2D eigenvalue weighted by Gasteiger charge is -2.27. The van der Waals surface area contributed by atoms with Gasteiger partial charge >= 0.3 is 6.18 Å². The van der Waals surface area contributed by atoms with Crippen LogP contribution in [0.15, 0.2) is 18.2 Å². The maximum atomic E-state index is 12.7. The van der Waals surface area contributed by atoms with Crippen molar-refractivity contribution in [3.8, 4) is 0 Å². The molecule has 21 heavy (non-hydrogen) atoms. The van der Waals surface area contributed by atoms with Crippen molar-refractivity contribution in [1.29, 1.82) is 0 Å². The van der Waals surface area contributed by atoms with Crippen LogP contribution in [0.25, 0.3) is 0 Å². The van der Waals surface area contributed by atoms with Gasteiger partial charge in [0.1, 0.15) is 0 Å². The zero-order valence-electron chi connectivity index (χ0n) is 12.3. The standard InChI is InChI=1S/C14H21F3N2O2/c1-4-20-13(21-5-2)12(19-18)11-7-6-10(8-9(11)3)14(15,16)17/h6-8,12-13,19H,4-5,18H2,1-3H3. The fourth-order valence-electron chi connectivity index (χ4n) is 2.09. The summed E-state index contributed by atoms with van der Waals surface area (Å²) >= 11 is 0. The molecule has 0 amide bonds. The first kappa shape index (κ1) is 17.9. The highest BCUT2D eigenvalue weighted by Gasteiger charge is 2.32. The SMILES string of the molecule is CCOC(OCC)C(NN)c1ccc(C(F)(F)F)cc1C. The Hall–Kier alpha value is -1.15. The molecule has 1 atom stereocenters. The van der Waals surface area contributed by atoms with E-state index in [1.54, 1.807) is 20.8 Å². The summed E-state index contributed by atoms with van der Waals surface area (Å²) < 4.78 is 49.0. The smallest absolute Gasteiger partial charge is 0.351 e. The second-order valence-electron chi connectivity index (χ2n) is 4.49. The second-order valence-corrected chi connectivity index (χ2v) is 4.49. The van der Waals surface area contributed by atoms with E-state index in [4.69, 9.17) is 15.3 Å². The van der Waals surface area contributed by atoms with Crippen LogP contribution in [0.3, 0.4) is 0 Å². The first-order valence-corrected chi connectivity index (χ1v) is 6.72. The number of benzene rings is 1. The van der Waals surface area contributed by atoms with Crippen molar-refractivity contribution in [3.63, 3.8) is 0 Å². The number of alkyl halides is 3. The quantitative estimate of drug-likeness (QED) is 0.462. The van der Waals surface area contributed by atoms with Gasteiger partial charge in [-0.3, -0.25) is 5.84 Å². The van der Waals surface area contributed by atoms with Gasteiger partial charge in [-0.05, 0) is 44.0 Å². The molecule has 0 spiro atoms. The highest BCUT2D eigenvalue weighted by atomic mass is 19.4. The number of hydrazine groups is 1. The minimum atomic E-state index is -4.37. The average molecular weight is 306 g/mol.